The minimum Gasteiger partial charge on any atom is -0.160 e. The summed E-state index contributed by atoms with van der Waals surface area (Å²) in [6.45, 7) is 2.38. The van der Waals surface area contributed by atoms with E-state index >= 15 is 0 Å². The zero-order valence-electron chi connectivity index (χ0n) is 20.2. The van der Waals surface area contributed by atoms with Gasteiger partial charge >= 0.3 is 0 Å². The van der Waals surface area contributed by atoms with E-state index in [9.17, 15) is 0 Å². The van der Waals surface area contributed by atoms with Crippen LogP contribution in [0, 0.1) is 5.41 Å². The number of thioether (sulfide) groups is 11. The Bertz CT molecular complexity index is 529. The molecule has 4 saturated heterocycles. The van der Waals surface area contributed by atoms with Gasteiger partial charge in [0, 0.05) is 118 Å². The Morgan fingerprint density at radius 2 is 0.971 bits per heavy atom. The average Bonchev–Trinajstić information content (AvgIpc) is 3.66. The lowest BCUT2D eigenvalue weighted by atomic mass is 9.99. The van der Waals surface area contributed by atoms with Crippen LogP contribution in [-0.4, -0.2) is 118 Å². The lowest BCUT2D eigenvalue weighted by molar-refractivity contribution is 0.516. The SMILES string of the molecule is CC1SC1SCCSCC(CSCCSCC1CS1)(CSCCSCC1CS1)CSCC1CS1. The molecule has 0 nitrogen and oxygen atoms in total. The van der Waals surface area contributed by atoms with Crippen molar-refractivity contribution in [2.45, 2.75) is 32.5 Å². The topological polar surface area (TPSA) is 0 Å². The molecule has 198 valence electrons. The maximum absolute atomic E-state index is 2.38. The van der Waals surface area contributed by atoms with E-state index in [0.29, 0.717) is 5.41 Å². The van der Waals surface area contributed by atoms with E-state index in [1.165, 1.54) is 92.0 Å². The first-order chi connectivity index (χ1) is 16.7. The lowest BCUT2D eigenvalue weighted by Gasteiger charge is -2.33. The van der Waals surface area contributed by atoms with E-state index in [1.54, 1.807) is 0 Å². The van der Waals surface area contributed by atoms with Gasteiger partial charge in [-0.25, -0.2) is 0 Å². The smallest absolute Gasteiger partial charge is 0.0622 e. The molecule has 0 radical (unpaired) electrons. The maximum Gasteiger partial charge on any atom is 0.0622 e. The lowest BCUT2D eigenvalue weighted by Crippen LogP contribution is -2.34. The Morgan fingerprint density at radius 3 is 1.41 bits per heavy atom. The van der Waals surface area contributed by atoms with Gasteiger partial charge in [-0.2, -0.15) is 106 Å². The maximum atomic E-state index is 2.38. The van der Waals surface area contributed by atoms with E-state index in [-0.39, 0.29) is 0 Å². The molecule has 0 aromatic carbocycles. The van der Waals surface area contributed by atoms with Gasteiger partial charge in [0.25, 0.3) is 0 Å². The highest BCUT2D eigenvalue weighted by molar-refractivity contribution is 8.24. The van der Waals surface area contributed by atoms with Crippen LogP contribution in [0.1, 0.15) is 6.92 Å². The predicted molar refractivity (Wildman–Crippen MR) is 188 cm³/mol. The van der Waals surface area contributed by atoms with Crippen molar-refractivity contribution in [1.29, 1.82) is 0 Å². The van der Waals surface area contributed by atoms with Gasteiger partial charge in [-0.3, -0.25) is 0 Å². The second-order valence-electron chi connectivity index (χ2n) is 9.27. The third kappa shape index (κ3) is 14.5. The summed E-state index contributed by atoms with van der Waals surface area (Å²) in [5.41, 5.74) is 0.518. The molecular weight excluding hydrogens is 629 g/mol. The normalized spacial score (nSPS) is 30.8. The highest BCUT2D eigenvalue weighted by Gasteiger charge is 2.34. The van der Waals surface area contributed by atoms with Crippen molar-refractivity contribution in [2.75, 3.05) is 92.0 Å². The van der Waals surface area contributed by atoms with Crippen molar-refractivity contribution in [2.24, 2.45) is 5.41 Å². The van der Waals surface area contributed by atoms with Crippen molar-refractivity contribution in [3.05, 3.63) is 0 Å². The van der Waals surface area contributed by atoms with Gasteiger partial charge in [0.05, 0.1) is 4.58 Å². The zero-order chi connectivity index (χ0) is 23.5. The molecule has 4 aliphatic heterocycles. The summed E-state index contributed by atoms with van der Waals surface area (Å²) in [5, 5.41) is 3.86. The summed E-state index contributed by atoms with van der Waals surface area (Å²) in [4.78, 5) is 0. The first-order valence-corrected chi connectivity index (χ1v) is 24.4. The van der Waals surface area contributed by atoms with Crippen molar-refractivity contribution in [1.82, 2.24) is 0 Å². The Morgan fingerprint density at radius 1 is 0.588 bits per heavy atom. The molecular formula is C23H40S11. The molecule has 0 amide bonds. The molecule has 34 heavy (non-hydrogen) atoms. The van der Waals surface area contributed by atoms with E-state index in [2.05, 4.69) is 136 Å². The molecule has 4 heterocycles. The summed E-state index contributed by atoms with van der Waals surface area (Å²) < 4.78 is 0.904. The molecule has 4 rings (SSSR count). The van der Waals surface area contributed by atoms with E-state index in [0.717, 1.165) is 25.6 Å². The van der Waals surface area contributed by atoms with Gasteiger partial charge in [-0.05, 0) is 0 Å². The van der Waals surface area contributed by atoms with Gasteiger partial charge < -0.3 is 0 Å². The summed E-state index contributed by atoms with van der Waals surface area (Å²) >= 11 is 24.4. The van der Waals surface area contributed by atoms with Gasteiger partial charge in [0.1, 0.15) is 0 Å². The van der Waals surface area contributed by atoms with Crippen LogP contribution in [0.4, 0.5) is 0 Å². The molecule has 0 spiro atoms. The molecule has 0 N–H and O–H groups in total. The van der Waals surface area contributed by atoms with Crippen LogP contribution in [0.15, 0.2) is 0 Å². The molecule has 0 saturated carbocycles. The molecule has 4 aliphatic rings. The first-order valence-electron chi connectivity index (χ1n) is 12.3. The highest BCUT2D eigenvalue weighted by atomic mass is 32.2. The molecule has 0 bridgehead atoms. The van der Waals surface area contributed by atoms with Crippen LogP contribution in [0.5, 0.6) is 0 Å². The standard InChI is InChI=1S/C23H40S11/c1-18-22(34-18)30-7-6-28-16-23(17-29-10-21-13-33-21,14-26-4-2-24-8-19-11-31-19)15-27-5-3-25-9-20-12-32-20/h18-22H,2-17H2,1H3. The summed E-state index contributed by atoms with van der Waals surface area (Å²) in [7, 11) is 0. The van der Waals surface area contributed by atoms with Crippen molar-refractivity contribution in [3.63, 3.8) is 0 Å². The third-order valence-corrected chi connectivity index (χ3v) is 20.8. The Balaban J connectivity index is 1.18. The number of hydrogen-bond donors (Lipinski definition) is 0. The van der Waals surface area contributed by atoms with E-state index < -0.39 is 0 Å². The monoisotopic (exact) mass is 668 g/mol. The summed E-state index contributed by atoms with van der Waals surface area (Å²) in [5.74, 6) is 22.1. The predicted octanol–water partition coefficient (Wildman–Crippen LogP) is 7.91. The fourth-order valence-electron chi connectivity index (χ4n) is 3.25. The molecule has 0 aromatic rings. The number of rotatable bonds is 24. The Kier molecular flexibility index (Phi) is 16.0. The first kappa shape index (κ1) is 30.8. The second-order valence-corrected chi connectivity index (χ2v) is 23.0. The summed E-state index contributed by atoms with van der Waals surface area (Å²) in [6, 6.07) is 0. The van der Waals surface area contributed by atoms with E-state index in [4.69, 9.17) is 0 Å². The van der Waals surface area contributed by atoms with Crippen molar-refractivity contribution < 1.29 is 0 Å². The molecule has 0 aliphatic carbocycles. The molecule has 11 heteroatoms. The quantitative estimate of drug-likeness (QED) is 0.0728. The fourth-order valence-corrected chi connectivity index (χ4v) is 17.2. The van der Waals surface area contributed by atoms with Crippen LogP contribution in [0.25, 0.3) is 0 Å². The van der Waals surface area contributed by atoms with Crippen molar-refractivity contribution in [3.8, 4) is 0 Å². The van der Waals surface area contributed by atoms with Crippen LogP contribution >= 0.6 is 129 Å². The summed E-state index contributed by atoms with van der Waals surface area (Å²) in [6.07, 6.45) is 0. The molecule has 5 unspecified atom stereocenters. The minimum absolute atomic E-state index is 0.518. The highest BCUT2D eigenvalue weighted by Crippen LogP contribution is 2.48. The van der Waals surface area contributed by atoms with Crippen LogP contribution < -0.4 is 0 Å². The Hall–Kier alpha value is 3.85. The molecule has 5 atom stereocenters. The van der Waals surface area contributed by atoms with Gasteiger partial charge in [-0.1, -0.05) is 6.92 Å². The van der Waals surface area contributed by atoms with Crippen LogP contribution in [0.2, 0.25) is 0 Å². The van der Waals surface area contributed by atoms with Crippen LogP contribution in [-0.2, 0) is 0 Å². The molecule has 0 aromatic heterocycles. The van der Waals surface area contributed by atoms with Gasteiger partial charge in [0.2, 0.25) is 0 Å². The Labute approximate surface area is 256 Å². The number of hydrogen-bond acceptors (Lipinski definition) is 11. The van der Waals surface area contributed by atoms with Crippen LogP contribution in [0.3, 0.4) is 0 Å². The third-order valence-electron chi connectivity index (χ3n) is 5.66. The van der Waals surface area contributed by atoms with Crippen molar-refractivity contribution >= 4 is 129 Å². The fraction of sp³-hybridized carbons (Fsp3) is 1.00. The average molecular weight is 669 g/mol. The van der Waals surface area contributed by atoms with E-state index in [1.807, 2.05) is 0 Å². The van der Waals surface area contributed by atoms with Gasteiger partial charge in [0.15, 0.2) is 0 Å². The zero-order valence-corrected chi connectivity index (χ0v) is 29.2. The largest absolute Gasteiger partial charge is 0.160 e. The molecule has 4 fully saturated rings. The minimum atomic E-state index is 0.518. The second kappa shape index (κ2) is 17.6. The van der Waals surface area contributed by atoms with Gasteiger partial charge in [-0.15, -0.1) is 23.5 Å².